The highest BCUT2D eigenvalue weighted by Crippen LogP contribution is 2.16. The van der Waals surface area contributed by atoms with E-state index in [1.807, 2.05) is 32.9 Å². The summed E-state index contributed by atoms with van der Waals surface area (Å²) in [6, 6.07) is 3.76. The molecule has 4 heteroatoms. The normalized spacial score (nSPS) is 10.4. The van der Waals surface area contributed by atoms with E-state index in [-0.39, 0.29) is 11.8 Å². The van der Waals surface area contributed by atoms with Crippen LogP contribution in [0.2, 0.25) is 0 Å². The first kappa shape index (κ1) is 11.2. The van der Waals surface area contributed by atoms with E-state index < -0.39 is 0 Å². The molecule has 14 heavy (non-hydrogen) atoms. The SMILES string of the molecule is Cc1ccc(Br)nc1NC(=O)C(C)C. The van der Waals surface area contributed by atoms with Crippen LogP contribution in [0.1, 0.15) is 19.4 Å². The molecular formula is C10H13BrN2O. The maximum absolute atomic E-state index is 11.4. The summed E-state index contributed by atoms with van der Waals surface area (Å²) in [5, 5.41) is 2.77. The fourth-order valence-electron chi connectivity index (χ4n) is 0.893. The summed E-state index contributed by atoms with van der Waals surface area (Å²) in [4.78, 5) is 15.6. The molecule has 0 fully saturated rings. The highest BCUT2D eigenvalue weighted by Gasteiger charge is 2.09. The number of carbonyl (C=O) groups is 1. The van der Waals surface area contributed by atoms with E-state index >= 15 is 0 Å². The number of aromatic nitrogens is 1. The lowest BCUT2D eigenvalue weighted by atomic mass is 10.2. The van der Waals surface area contributed by atoms with Crippen LogP contribution in [-0.2, 0) is 4.79 Å². The highest BCUT2D eigenvalue weighted by atomic mass is 79.9. The van der Waals surface area contributed by atoms with Gasteiger partial charge in [-0.25, -0.2) is 4.98 Å². The summed E-state index contributed by atoms with van der Waals surface area (Å²) in [6.45, 7) is 5.61. The molecule has 3 nitrogen and oxygen atoms in total. The van der Waals surface area contributed by atoms with Gasteiger partial charge in [0.1, 0.15) is 10.4 Å². The monoisotopic (exact) mass is 256 g/mol. The number of hydrogen-bond donors (Lipinski definition) is 1. The minimum atomic E-state index is -0.0322. The van der Waals surface area contributed by atoms with E-state index in [0.29, 0.717) is 5.82 Å². The van der Waals surface area contributed by atoms with E-state index in [0.717, 1.165) is 10.2 Å². The van der Waals surface area contributed by atoms with Crippen molar-refractivity contribution < 1.29 is 4.79 Å². The Bertz CT molecular complexity index is 350. The molecule has 1 aromatic rings. The van der Waals surface area contributed by atoms with Crippen molar-refractivity contribution in [2.45, 2.75) is 20.8 Å². The van der Waals surface area contributed by atoms with Crippen LogP contribution in [0, 0.1) is 12.8 Å². The van der Waals surface area contributed by atoms with Gasteiger partial charge in [-0.3, -0.25) is 4.79 Å². The van der Waals surface area contributed by atoms with Gasteiger partial charge < -0.3 is 5.32 Å². The molecule has 1 heterocycles. The van der Waals surface area contributed by atoms with Gasteiger partial charge >= 0.3 is 0 Å². The first-order chi connectivity index (χ1) is 6.50. The van der Waals surface area contributed by atoms with Gasteiger partial charge in [0, 0.05) is 5.92 Å². The van der Waals surface area contributed by atoms with Gasteiger partial charge in [0.2, 0.25) is 5.91 Å². The van der Waals surface area contributed by atoms with Crippen LogP contribution in [0.5, 0.6) is 0 Å². The zero-order valence-electron chi connectivity index (χ0n) is 8.47. The quantitative estimate of drug-likeness (QED) is 0.827. The zero-order valence-corrected chi connectivity index (χ0v) is 10.1. The molecule has 0 saturated heterocycles. The summed E-state index contributed by atoms with van der Waals surface area (Å²) >= 11 is 3.26. The summed E-state index contributed by atoms with van der Waals surface area (Å²) in [5.74, 6) is 0.576. The van der Waals surface area contributed by atoms with Crippen LogP contribution in [0.3, 0.4) is 0 Å². The Balaban J connectivity index is 2.86. The molecule has 0 saturated carbocycles. The minimum absolute atomic E-state index is 0.0151. The number of rotatable bonds is 2. The van der Waals surface area contributed by atoms with Gasteiger partial charge in [0.15, 0.2) is 0 Å². The molecule has 1 amide bonds. The predicted molar refractivity (Wildman–Crippen MR) is 60.1 cm³/mol. The molecule has 0 bridgehead atoms. The Morgan fingerprint density at radius 1 is 1.50 bits per heavy atom. The first-order valence-electron chi connectivity index (χ1n) is 4.44. The molecule has 0 aliphatic rings. The van der Waals surface area contributed by atoms with Gasteiger partial charge in [-0.15, -0.1) is 0 Å². The van der Waals surface area contributed by atoms with Gasteiger partial charge in [-0.2, -0.15) is 0 Å². The van der Waals surface area contributed by atoms with Crippen LogP contribution in [0.25, 0.3) is 0 Å². The van der Waals surface area contributed by atoms with E-state index in [1.165, 1.54) is 0 Å². The van der Waals surface area contributed by atoms with Gasteiger partial charge in [0.05, 0.1) is 0 Å². The fourth-order valence-corrected chi connectivity index (χ4v) is 1.20. The third kappa shape index (κ3) is 2.80. The highest BCUT2D eigenvalue weighted by molar-refractivity contribution is 9.10. The lowest BCUT2D eigenvalue weighted by Crippen LogP contribution is -2.19. The van der Waals surface area contributed by atoms with E-state index in [4.69, 9.17) is 0 Å². The number of halogens is 1. The third-order valence-corrected chi connectivity index (χ3v) is 2.27. The molecule has 0 aliphatic carbocycles. The molecule has 0 aliphatic heterocycles. The van der Waals surface area contributed by atoms with Crippen LogP contribution in [0.15, 0.2) is 16.7 Å². The number of aryl methyl sites for hydroxylation is 1. The summed E-state index contributed by atoms with van der Waals surface area (Å²) in [6.07, 6.45) is 0. The summed E-state index contributed by atoms with van der Waals surface area (Å²) in [5.41, 5.74) is 0.960. The molecule has 0 atom stereocenters. The smallest absolute Gasteiger partial charge is 0.228 e. The Morgan fingerprint density at radius 2 is 2.14 bits per heavy atom. The van der Waals surface area contributed by atoms with Crippen molar-refractivity contribution in [2.24, 2.45) is 5.92 Å². The lowest BCUT2D eigenvalue weighted by Gasteiger charge is -2.09. The van der Waals surface area contributed by atoms with E-state index in [9.17, 15) is 4.79 Å². The second kappa shape index (κ2) is 4.55. The van der Waals surface area contributed by atoms with Crippen LogP contribution in [-0.4, -0.2) is 10.9 Å². The minimum Gasteiger partial charge on any atom is -0.310 e. The molecule has 0 spiro atoms. The Hall–Kier alpha value is -0.900. The van der Waals surface area contributed by atoms with Crippen molar-refractivity contribution in [3.8, 4) is 0 Å². The third-order valence-electron chi connectivity index (χ3n) is 1.83. The van der Waals surface area contributed by atoms with Crippen molar-refractivity contribution >= 4 is 27.7 Å². The summed E-state index contributed by atoms with van der Waals surface area (Å²) < 4.78 is 0.724. The second-order valence-corrected chi connectivity index (χ2v) is 4.26. The maximum atomic E-state index is 11.4. The van der Waals surface area contributed by atoms with E-state index in [1.54, 1.807) is 0 Å². The molecule has 76 valence electrons. The van der Waals surface area contributed by atoms with Crippen molar-refractivity contribution in [1.82, 2.24) is 4.98 Å². The number of hydrogen-bond acceptors (Lipinski definition) is 2. The number of pyridine rings is 1. The standard InChI is InChI=1S/C10H13BrN2O/c1-6(2)10(14)13-9-7(3)4-5-8(11)12-9/h4-6H,1-3H3,(H,12,13,14). The van der Waals surface area contributed by atoms with Crippen molar-refractivity contribution in [1.29, 1.82) is 0 Å². The lowest BCUT2D eigenvalue weighted by molar-refractivity contribution is -0.118. The molecule has 0 radical (unpaired) electrons. The molecule has 1 rings (SSSR count). The summed E-state index contributed by atoms with van der Waals surface area (Å²) in [7, 11) is 0. The fraction of sp³-hybridized carbons (Fsp3) is 0.400. The zero-order chi connectivity index (χ0) is 10.7. The van der Waals surface area contributed by atoms with Gasteiger partial charge in [-0.05, 0) is 34.5 Å². The number of nitrogens with zero attached hydrogens (tertiary/aromatic N) is 1. The van der Waals surface area contributed by atoms with Crippen molar-refractivity contribution in [2.75, 3.05) is 5.32 Å². The molecule has 0 aromatic carbocycles. The molecule has 1 N–H and O–H groups in total. The van der Waals surface area contributed by atoms with Crippen molar-refractivity contribution in [3.05, 3.63) is 22.3 Å². The average molecular weight is 257 g/mol. The van der Waals surface area contributed by atoms with Gasteiger partial charge in [0.25, 0.3) is 0 Å². The van der Waals surface area contributed by atoms with Crippen LogP contribution in [0.4, 0.5) is 5.82 Å². The van der Waals surface area contributed by atoms with Gasteiger partial charge in [-0.1, -0.05) is 19.9 Å². The Labute approximate surface area is 92.1 Å². The average Bonchev–Trinajstić information content (AvgIpc) is 2.11. The largest absolute Gasteiger partial charge is 0.310 e. The Kier molecular flexibility index (Phi) is 3.63. The van der Waals surface area contributed by atoms with Crippen LogP contribution >= 0.6 is 15.9 Å². The van der Waals surface area contributed by atoms with Crippen LogP contribution < -0.4 is 5.32 Å². The number of amides is 1. The maximum Gasteiger partial charge on any atom is 0.228 e. The number of anilines is 1. The van der Waals surface area contributed by atoms with Crippen molar-refractivity contribution in [3.63, 3.8) is 0 Å². The number of nitrogens with one attached hydrogen (secondary N) is 1. The second-order valence-electron chi connectivity index (χ2n) is 3.44. The topological polar surface area (TPSA) is 42.0 Å². The number of carbonyl (C=O) groups excluding carboxylic acids is 1. The van der Waals surface area contributed by atoms with E-state index in [2.05, 4.69) is 26.2 Å². The molecule has 1 aromatic heterocycles. The first-order valence-corrected chi connectivity index (χ1v) is 5.24. The predicted octanol–water partition coefficient (Wildman–Crippen LogP) is 2.75. The molecule has 0 unspecified atom stereocenters. The molecular weight excluding hydrogens is 244 g/mol. The Morgan fingerprint density at radius 3 is 2.71 bits per heavy atom.